The Morgan fingerprint density at radius 1 is 1.24 bits per heavy atom. The van der Waals surface area contributed by atoms with E-state index in [1.165, 1.54) is 0 Å². The molecule has 1 aliphatic rings. The van der Waals surface area contributed by atoms with E-state index in [0.717, 1.165) is 18.5 Å². The van der Waals surface area contributed by atoms with E-state index in [-0.39, 0.29) is 12.1 Å². The second-order valence-electron chi connectivity index (χ2n) is 6.34. The molecule has 0 radical (unpaired) electrons. The minimum atomic E-state index is -0.464. The van der Waals surface area contributed by atoms with Crippen LogP contribution in [0.1, 0.15) is 39.2 Å². The molecule has 112 valence electrons. The van der Waals surface area contributed by atoms with E-state index in [1.54, 1.807) is 12.1 Å². The summed E-state index contributed by atoms with van der Waals surface area (Å²) >= 11 is 0. The van der Waals surface area contributed by atoms with E-state index in [4.69, 9.17) is 10.00 Å². The summed E-state index contributed by atoms with van der Waals surface area (Å²) in [5.41, 5.74) is 1.18. The highest BCUT2D eigenvalue weighted by Gasteiger charge is 2.31. The number of benzene rings is 1. The van der Waals surface area contributed by atoms with Gasteiger partial charge in [0.1, 0.15) is 5.60 Å². The van der Waals surface area contributed by atoms with Crippen LogP contribution in [0.5, 0.6) is 0 Å². The standard InChI is InChI=1S/C16H21N3O2/c1-16(2,3)21-15(20)19-14-8-13(9-14)18-12-6-4-11(10-17)5-7-12/h4-7,13-14,18H,8-9H2,1-3H3,(H,19,20). The number of hydrogen-bond donors (Lipinski definition) is 2. The van der Waals surface area contributed by atoms with Crippen LogP contribution in [-0.4, -0.2) is 23.8 Å². The Labute approximate surface area is 125 Å². The highest BCUT2D eigenvalue weighted by Crippen LogP contribution is 2.24. The van der Waals surface area contributed by atoms with Crippen molar-refractivity contribution in [3.05, 3.63) is 29.8 Å². The summed E-state index contributed by atoms with van der Waals surface area (Å²) in [7, 11) is 0. The van der Waals surface area contributed by atoms with Gasteiger partial charge in [-0.15, -0.1) is 0 Å². The first-order valence-corrected chi connectivity index (χ1v) is 7.12. The van der Waals surface area contributed by atoms with Crippen LogP contribution >= 0.6 is 0 Å². The molecule has 0 aliphatic heterocycles. The molecule has 0 spiro atoms. The third kappa shape index (κ3) is 4.67. The Kier molecular flexibility index (Phi) is 4.37. The van der Waals surface area contributed by atoms with E-state index >= 15 is 0 Å². The van der Waals surface area contributed by atoms with Gasteiger partial charge in [0.05, 0.1) is 11.6 Å². The molecule has 1 fully saturated rings. The minimum Gasteiger partial charge on any atom is -0.444 e. The Balaban J connectivity index is 1.72. The summed E-state index contributed by atoms with van der Waals surface area (Å²) in [5.74, 6) is 0. The molecule has 0 atom stereocenters. The maximum Gasteiger partial charge on any atom is 0.407 e. The number of nitrogens with one attached hydrogen (secondary N) is 2. The van der Waals surface area contributed by atoms with Crippen LogP contribution in [0.25, 0.3) is 0 Å². The number of amides is 1. The van der Waals surface area contributed by atoms with E-state index in [9.17, 15) is 4.79 Å². The van der Waals surface area contributed by atoms with Gasteiger partial charge >= 0.3 is 6.09 Å². The first-order chi connectivity index (χ1) is 9.85. The van der Waals surface area contributed by atoms with Gasteiger partial charge < -0.3 is 15.4 Å². The summed E-state index contributed by atoms with van der Waals surface area (Å²) in [6, 6.07) is 9.97. The van der Waals surface area contributed by atoms with Crippen molar-refractivity contribution in [3.63, 3.8) is 0 Å². The lowest BCUT2D eigenvalue weighted by molar-refractivity contribution is 0.0475. The van der Waals surface area contributed by atoms with Gasteiger partial charge in [0.2, 0.25) is 0 Å². The zero-order valence-electron chi connectivity index (χ0n) is 12.6. The molecular weight excluding hydrogens is 266 g/mol. The monoisotopic (exact) mass is 287 g/mol. The Hall–Kier alpha value is -2.22. The van der Waals surface area contributed by atoms with Gasteiger partial charge in [0, 0.05) is 17.8 Å². The molecule has 21 heavy (non-hydrogen) atoms. The summed E-state index contributed by atoms with van der Waals surface area (Å²) in [6.45, 7) is 5.55. The fraction of sp³-hybridized carbons (Fsp3) is 0.500. The summed E-state index contributed by atoms with van der Waals surface area (Å²) in [4.78, 5) is 11.6. The van der Waals surface area contributed by atoms with Crippen LogP contribution in [0.3, 0.4) is 0 Å². The van der Waals surface area contributed by atoms with E-state index in [1.807, 2.05) is 32.9 Å². The minimum absolute atomic E-state index is 0.163. The molecule has 2 N–H and O–H groups in total. The molecule has 1 aliphatic carbocycles. The van der Waals surface area contributed by atoms with Crippen molar-refractivity contribution >= 4 is 11.8 Å². The van der Waals surface area contributed by atoms with Crippen LogP contribution in [0, 0.1) is 11.3 Å². The van der Waals surface area contributed by atoms with Crippen LogP contribution in [0.15, 0.2) is 24.3 Å². The number of carbonyl (C=O) groups excluding carboxylic acids is 1. The maximum atomic E-state index is 11.6. The lowest BCUT2D eigenvalue weighted by atomic mass is 9.86. The predicted octanol–water partition coefficient (Wildman–Crippen LogP) is 3.03. The van der Waals surface area contributed by atoms with Gasteiger partial charge in [-0.1, -0.05) is 0 Å². The topological polar surface area (TPSA) is 74.2 Å². The number of hydrogen-bond acceptors (Lipinski definition) is 4. The normalized spacial score (nSPS) is 20.9. The Bertz CT molecular complexity index is 534. The molecule has 1 aromatic carbocycles. The lowest BCUT2D eigenvalue weighted by Gasteiger charge is -2.37. The zero-order chi connectivity index (χ0) is 15.5. The van der Waals surface area contributed by atoms with Gasteiger partial charge in [-0.05, 0) is 57.9 Å². The Morgan fingerprint density at radius 3 is 2.38 bits per heavy atom. The smallest absolute Gasteiger partial charge is 0.407 e. The summed E-state index contributed by atoms with van der Waals surface area (Å²) in [5, 5.41) is 15.0. The van der Waals surface area contributed by atoms with Crippen molar-refractivity contribution in [2.24, 2.45) is 0 Å². The van der Waals surface area contributed by atoms with E-state index in [0.29, 0.717) is 11.6 Å². The molecule has 2 rings (SSSR count). The SMILES string of the molecule is CC(C)(C)OC(=O)NC1CC(Nc2ccc(C#N)cc2)C1. The number of anilines is 1. The van der Waals surface area contributed by atoms with E-state index in [2.05, 4.69) is 16.7 Å². The highest BCUT2D eigenvalue weighted by atomic mass is 16.6. The average Bonchev–Trinajstić information content (AvgIpc) is 2.35. The lowest BCUT2D eigenvalue weighted by Crippen LogP contribution is -2.50. The fourth-order valence-corrected chi connectivity index (χ4v) is 2.20. The third-order valence-electron chi connectivity index (χ3n) is 3.24. The van der Waals surface area contributed by atoms with Gasteiger partial charge in [0.15, 0.2) is 0 Å². The van der Waals surface area contributed by atoms with Crippen molar-refractivity contribution < 1.29 is 9.53 Å². The first kappa shape index (κ1) is 15.2. The second-order valence-corrected chi connectivity index (χ2v) is 6.34. The van der Waals surface area contributed by atoms with Crippen molar-refractivity contribution in [1.82, 2.24) is 5.32 Å². The zero-order valence-corrected chi connectivity index (χ0v) is 12.6. The fourth-order valence-electron chi connectivity index (χ4n) is 2.20. The first-order valence-electron chi connectivity index (χ1n) is 7.12. The highest BCUT2D eigenvalue weighted by molar-refractivity contribution is 5.68. The molecule has 0 heterocycles. The van der Waals surface area contributed by atoms with Crippen molar-refractivity contribution in [2.45, 2.75) is 51.3 Å². The van der Waals surface area contributed by atoms with Crippen molar-refractivity contribution in [2.75, 3.05) is 5.32 Å². The summed E-state index contributed by atoms with van der Waals surface area (Å²) < 4.78 is 5.22. The molecule has 5 heteroatoms. The van der Waals surface area contributed by atoms with Crippen LogP contribution in [0.4, 0.5) is 10.5 Å². The van der Waals surface area contributed by atoms with Crippen LogP contribution < -0.4 is 10.6 Å². The largest absolute Gasteiger partial charge is 0.444 e. The molecule has 0 bridgehead atoms. The number of carbonyl (C=O) groups is 1. The van der Waals surface area contributed by atoms with Gasteiger partial charge in [-0.2, -0.15) is 5.26 Å². The second kappa shape index (κ2) is 6.04. The van der Waals surface area contributed by atoms with Crippen molar-refractivity contribution in [1.29, 1.82) is 5.26 Å². The molecule has 1 saturated carbocycles. The Morgan fingerprint density at radius 2 is 1.86 bits per heavy atom. The van der Waals surface area contributed by atoms with Crippen LogP contribution in [-0.2, 0) is 4.74 Å². The molecule has 0 saturated heterocycles. The quantitative estimate of drug-likeness (QED) is 0.896. The number of nitrogens with zero attached hydrogens (tertiary/aromatic N) is 1. The van der Waals surface area contributed by atoms with Gasteiger partial charge in [-0.25, -0.2) is 4.79 Å². The summed E-state index contributed by atoms with van der Waals surface area (Å²) in [6.07, 6.45) is 1.39. The van der Waals surface area contributed by atoms with Gasteiger partial charge in [-0.3, -0.25) is 0 Å². The van der Waals surface area contributed by atoms with E-state index < -0.39 is 5.60 Å². The molecule has 0 aromatic heterocycles. The van der Waals surface area contributed by atoms with Crippen molar-refractivity contribution in [3.8, 4) is 6.07 Å². The molecule has 0 unspecified atom stereocenters. The maximum absolute atomic E-state index is 11.6. The average molecular weight is 287 g/mol. The number of ether oxygens (including phenoxy) is 1. The number of nitriles is 1. The predicted molar refractivity (Wildman–Crippen MR) is 81.0 cm³/mol. The molecule has 1 aromatic rings. The third-order valence-corrected chi connectivity index (χ3v) is 3.24. The van der Waals surface area contributed by atoms with Crippen LogP contribution in [0.2, 0.25) is 0 Å². The molecular formula is C16H21N3O2. The van der Waals surface area contributed by atoms with Gasteiger partial charge in [0.25, 0.3) is 0 Å². The molecule has 1 amide bonds. The number of rotatable bonds is 3. The molecule has 5 nitrogen and oxygen atoms in total. The number of alkyl carbamates (subject to hydrolysis) is 1.